The van der Waals surface area contributed by atoms with E-state index in [1.165, 1.54) is 0 Å². The van der Waals surface area contributed by atoms with Crippen molar-refractivity contribution in [1.29, 1.82) is 0 Å². The molecule has 1 aromatic heterocycles. The van der Waals surface area contributed by atoms with E-state index in [-0.39, 0.29) is 29.7 Å². The number of rotatable bonds is 6. The van der Waals surface area contributed by atoms with E-state index >= 15 is 0 Å². The molecule has 7 heteroatoms. The molecule has 0 radical (unpaired) electrons. The smallest absolute Gasteiger partial charge is 0.345 e. The normalized spacial score (nSPS) is 21.5. The second kappa shape index (κ2) is 8.10. The van der Waals surface area contributed by atoms with Crippen LogP contribution in [0, 0.1) is 5.92 Å². The van der Waals surface area contributed by atoms with E-state index < -0.39 is 5.69 Å². The van der Waals surface area contributed by atoms with Crippen molar-refractivity contribution in [3.63, 3.8) is 0 Å². The van der Waals surface area contributed by atoms with Crippen LogP contribution in [-0.2, 0) is 5.41 Å². The highest BCUT2D eigenvalue weighted by Crippen LogP contribution is 2.22. The molecule has 1 saturated heterocycles. The molecule has 0 spiro atoms. The Morgan fingerprint density at radius 1 is 1.44 bits per heavy atom. The molecule has 1 aliphatic heterocycles. The maximum absolute atomic E-state index is 12.7. The fraction of sp³-hybridized carbons (Fsp3) is 0.722. The summed E-state index contributed by atoms with van der Waals surface area (Å²) >= 11 is 0. The Hall–Kier alpha value is -1.73. The van der Waals surface area contributed by atoms with Gasteiger partial charge in [-0.2, -0.15) is 4.98 Å². The molecule has 25 heavy (non-hydrogen) atoms. The van der Waals surface area contributed by atoms with Crippen molar-refractivity contribution in [2.45, 2.75) is 52.0 Å². The molecule has 0 aliphatic carbocycles. The summed E-state index contributed by atoms with van der Waals surface area (Å²) < 4.78 is 0. The van der Waals surface area contributed by atoms with E-state index in [0.29, 0.717) is 24.7 Å². The zero-order valence-electron chi connectivity index (χ0n) is 15.6. The Labute approximate surface area is 148 Å². The largest absolute Gasteiger partial charge is 0.395 e. The molecular weight excluding hydrogens is 320 g/mol. The van der Waals surface area contributed by atoms with Crippen LogP contribution in [0.15, 0.2) is 10.9 Å². The minimum absolute atomic E-state index is 0.0122. The quantitative estimate of drug-likeness (QED) is 0.708. The van der Waals surface area contributed by atoms with Crippen molar-refractivity contribution in [3.8, 4) is 0 Å². The van der Waals surface area contributed by atoms with Gasteiger partial charge in [0.1, 0.15) is 5.69 Å². The highest BCUT2D eigenvalue weighted by atomic mass is 16.3. The molecule has 1 aliphatic rings. The Morgan fingerprint density at radius 2 is 2.16 bits per heavy atom. The molecule has 0 saturated carbocycles. The summed E-state index contributed by atoms with van der Waals surface area (Å²) in [6.07, 6.45) is 2.06. The van der Waals surface area contributed by atoms with Crippen molar-refractivity contribution in [2.24, 2.45) is 5.92 Å². The molecule has 2 rings (SSSR count). The van der Waals surface area contributed by atoms with Gasteiger partial charge in [0.2, 0.25) is 0 Å². The molecule has 1 amide bonds. The van der Waals surface area contributed by atoms with Crippen LogP contribution in [0.3, 0.4) is 0 Å². The second-order valence-corrected chi connectivity index (χ2v) is 7.85. The molecule has 1 aromatic rings. The molecule has 3 N–H and O–H groups in total. The molecule has 140 valence electrons. The molecule has 0 bridgehead atoms. The summed E-state index contributed by atoms with van der Waals surface area (Å²) in [5.41, 5.74) is 0.0734. The molecule has 0 aromatic carbocycles. The Kier molecular flexibility index (Phi) is 6.35. The van der Waals surface area contributed by atoms with Crippen molar-refractivity contribution >= 4 is 5.91 Å². The first-order chi connectivity index (χ1) is 11.7. The van der Waals surface area contributed by atoms with E-state index in [2.05, 4.69) is 27.1 Å². The van der Waals surface area contributed by atoms with Crippen LogP contribution in [0.4, 0.5) is 0 Å². The number of aliphatic hydroxyl groups is 1. The lowest BCUT2D eigenvalue weighted by Gasteiger charge is -2.21. The van der Waals surface area contributed by atoms with Gasteiger partial charge in [0.05, 0.1) is 6.61 Å². The van der Waals surface area contributed by atoms with E-state index in [9.17, 15) is 9.59 Å². The highest BCUT2D eigenvalue weighted by Gasteiger charge is 2.33. The number of hydrogen-bond donors (Lipinski definition) is 3. The van der Waals surface area contributed by atoms with Crippen LogP contribution < -0.4 is 11.0 Å². The lowest BCUT2D eigenvalue weighted by Crippen LogP contribution is -2.41. The zero-order valence-corrected chi connectivity index (χ0v) is 15.6. The summed E-state index contributed by atoms with van der Waals surface area (Å²) in [6.45, 7) is 10.4. The molecule has 7 nitrogen and oxygen atoms in total. The Bertz CT molecular complexity index is 650. The van der Waals surface area contributed by atoms with Crippen LogP contribution in [-0.4, -0.2) is 58.2 Å². The topological polar surface area (TPSA) is 98.3 Å². The monoisotopic (exact) mass is 350 g/mol. The van der Waals surface area contributed by atoms with Gasteiger partial charge in [-0.25, -0.2) is 4.79 Å². The summed E-state index contributed by atoms with van der Waals surface area (Å²) in [6, 6.07) is 1.67. The lowest BCUT2D eigenvalue weighted by molar-refractivity contribution is 0.0923. The lowest BCUT2D eigenvalue weighted by atomic mass is 9.91. The van der Waals surface area contributed by atoms with E-state index in [1.54, 1.807) is 6.07 Å². The minimum atomic E-state index is -0.504. The van der Waals surface area contributed by atoms with Crippen molar-refractivity contribution < 1.29 is 9.90 Å². The van der Waals surface area contributed by atoms with Crippen LogP contribution >= 0.6 is 0 Å². The maximum atomic E-state index is 12.7. The van der Waals surface area contributed by atoms with Gasteiger partial charge in [0.25, 0.3) is 5.91 Å². The van der Waals surface area contributed by atoms with E-state index in [0.717, 1.165) is 19.4 Å². The second-order valence-electron chi connectivity index (χ2n) is 7.85. The first-order valence-corrected chi connectivity index (χ1v) is 9.00. The van der Waals surface area contributed by atoms with Gasteiger partial charge in [-0.3, -0.25) is 9.69 Å². The van der Waals surface area contributed by atoms with Crippen LogP contribution in [0.2, 0.25) is 0 Å². The maximum Gasteiger partial charge on any atom is 0.345 e. The summed E-state index contributed by atoms with van der Waals surface area (Å²) in [5, 5.41) is 12.2. The average Bonchev–Trinajstić information content (AvgIpc) is 2.88. The molecule has 2 heterocycles. The van der Waals surface area contributed by atoms with Gasteiger partial charge >= 0.3 is 5.69 Å². The molecule has 2 atom stereocenters. The molecular formula is C18H30N4O3. The van der Waals surface area contributed by atoms with Gasteiger partial charge in [-0.15, -0.1) is 0 Å². The summed E-state index contributed by atoms with van der Waals surface area (Å²) in [7, 11) is 0. The van der Waals surface area contributed by atoms with Crippen LogP contribution in [0.1, 0.15) is 56.7 Å². The number of aromatic amines is 1. The first kappa shape index (κ1) is 19.6. The number of likely N-dealkylation sites (tertiary alicyclic amines) is 1. The SMILES string of the molecule is CCC[C@@H]1CN(CCO)C[C@H]1NC(=O)c1cc(C(C)(C)C)[nH]c(=O)n1. The van der Waals surface area contributed by atoms with E-state index in [4.69, 9.17) is 5.11 Å². The number of carbonyl (C=O) groups is 1. The fourth-order valence-corrected chi connectivity index (χ4v) is 3.33. The average molecular weight is 350 g/mol. The van der Waals surface area contributed by atoms with Crippen LogP contribution in [0.25, 0.3) is 0 Å². The standard InChI is InChI=1S/C18H30N4O3/c1-5-6-12-10-22(7-8-23)11-14(12)19-16(24)13-9-15(18(2,3)4)21-17(25)20-13/h9,12,14,23H,5-8,10-11H2,1-4H3,(H,19,24)(H,20,21,25)/t12-,14-/m1/s1. The number of H-pyrrole nitrogens is 1. The first-order valence-electron chi connectivity index (χ1n) is 9.00. The predicted octanol–water partition coefficient (Wildman–Crippen LogP) is 0.890. The zero-order chi connectivity index (χ0) is 18.6. The van der Waals surface area contributed by atoms with Crippen LogP contribution in [0.5, 0.6) is 0 Å². The van der Waals surface area contributed by atoms with Crippen molar-refractivity contribution in [3.05, 3.63) is 27.9 Å². The number of hydrogen-bond acceptors (Lipinski definition) is 5. The Balaban J connectivity index is 2.15. The third-order valence-corrected chi connectivity index (χ3v) is 4.69. The number of carbonyl (C=O) groups excluding carboxylic acids is 1. The van der Waals surface area contributed by atoms with Gasteiger partial charge in [0, 0.05) is 36.8 Å². The number of nitrogens with one attached hydrogen (secondary N) is 2. The number of β-amino-alcohol motifs (C(OH)–C–C–N with tert-alkyl or cyclic N) is 1. The van der Waals surface area contributed by atoms with Gasteiger partial charge in [0.15, 0.2) is 0 Å². The number of aliphatic hydroxyl groups excluding tert-OH is 1. The number of aromatic nitrogens is 2. The Morgan fingerprint density at radius 3 is 2.76 bits per heavy atom. The third-order valence-electron chi connectivity index (χ3n) is 4.69. The highest BCUT2D eigenvalue weighted by molar-refractivity contribution is 5.92. The molecule has 0 unspecified atom stereocenters. The number of nitrogens with zero attached hydrogens (tertiary/aromatic N) is 2. The minimum Gasteiger partial charge on any atom is -0.395 e. The molecule has 1 fully saturated rings. The van der Waals surface area contributed by atoms with Crippen molar-refractivity contribution in [2.75, 3.05) is 26.2 Å². The van der Waals surface area contributed by atoms with Gasteiger partial charge in [-0.1, -0.05) is 34.1 Å². The fourth-order valence-electron chi connectivity index (χ4n) is 3.33. The predicted molar refractivity (Wildman–Crippen MR) is 96.7 cm³/mol. The number of amides is 1. The third kappa shape index (κ3) is 5.12. The van der Waals surface area contributed by atoms with Crippen molar-refractivity contribution in [1.82, 2.24) is 20.2 Å². The van der Waals surface area contributed by atoms with Gasteiger partial charge in [-0.05, 0) is 18.4 Å². The summed E-state index contributed by atoms with van der Waals surface area (Å²) in [5.74, 6) is 0.0399. The summed E-state index contributed by atoms with van der Waals surface area (Å²) in [4.78, 5) is 33.2. The van der Waals surface area contributed by atoms with E-state index in [1.807, 2.05) is 20.8 Å². The van der Waals surface area contributed by atoms with Gasteiger partial charge < -0.3 is 15.4 Å².